The van der Waals surface area contributed by atoms with E-state index in [1.165, 1.54) is 4.90 Å². The molecule has 1 amide bonds. The summed E-state index contributed by atoms with van der Waals surface area (Å²) >= 11 is 0. The van der Waals surface area contributed by atoms with Crippen LogP contribution in [0.1, 0.15) is 39.2 Å². The predicted octanol–water partition coefficient (Wildman–Crippen LogP) is 2.88. The number of nitrogens with zero attached hydrogens (tertiary/aromatic N) is 2. The number of amides is 1. The fraction of sp³-hybridized carbons (Fsp3) is 0.471. The van der Waals surface area contributed by atoms with Gasteiger partial charge in [-0.05, 0) is 37.5 Å². The molecule has 5 nitrogen and oxygen atoms in total. The minimum atomic E-state index is -3.52. The number of likely N-dealkylation sites (N-methyl/N-ethyl adjacent to an activating group) is 1. The molecule has 0 N–H and O–H groups in total. The second kappa shape index (κ2) is 6.09. The first-order valence-electron chi connectivity index (χ1n) is 7.51. The zero-order valence-corrected chi connectivity index (χ0v) is 13.7. The van der Waals surface area contributed by atoms with Gasteiger partial charge < -0.3 is 4.90 Å². The van der Waals surface area contributed by atoms with Gasteiger partial charge in [0.2, 0.25) is 10.0 Å². The van der Waals surface area contributed by atoms with Crippen molar-refractivity contribution in [2.24, 2.45) is 0 Å². The molecule has 2 aliphatic heterocycles. The summed E-state index contributed by atoms with van der Waals surface area (Å²) in [6, 6.07) is 4.93. The smallest absolute Gasteiger partial charge is 0.258 e. The fourth-order valence-corrected chi connectivity index (χ4v) is 5.10. The average molecular weight is 336 g/mol. The van der Waals surface area contributed by atoms with Crippen LogP contribution >= 0.6 is 0 Å². The van der Waals surface area contributed by atoms with Crippen molar-refractivity contribution in [1.29, 1.82) is 0 Å². The maximum atomic E-state index is 12.9. The van der Waals surface area contributed by atoms with E-state index in [9.17, 15) is 13.2 Å². The van der Waals surface area contributed by atoms with Gasteiger partial charge in [-0.3, -0.25) is 4.79 Å². The number of rotatable bonds is 3. The molecular formula is C17H24N2O3S. The number of sulfonamides is 1. The van der Waals surface area contributed by atoms with E-state index in [2.05, 4.69) is 6.58 Å². The second-order valence-corrected chi connectivity index (χ2v) is 7.73. The molecule has 0 bridgehead atoms. The van der Waals surface area contributed by atoms with Gasteiger partial charge in [-0.1, -0.05) is 20.9 Å². The molecule has 2 aliphatic rings. The van der Waals surface area contributed by atoms with Gasteiger partial charge in [-0.15, -0.1) is 0 Å². The van der Waals surface area contributed by atoms with Gasteiger partial charge in [0.1, 0.15) is 0 Å². The molecule has 1 aromatic carbocycles. The molecule has 3 rings (SSSR count). The molecule has 0 unspecified atom stereocenters. The number of carbonyl (C=O) groups is 1. The Morgan fingerprint density at radius 1 is 1.35 bits per heavy atom. The van der Waals surface area contributed by atoms with E-state index >= 15 is 0 Å². The van der Waals surface area contributed by atoms with Crippen LogP contribution in [-0.4, -0.2) is 38.3 Å². The molecule has 0 spiro atoms. The first kappa shape index (κ1) is 17.7. The third-order valence-corrected chi connectivity index (χ3v) is 6.57. The molecule has 0 aliphatic carbocycles. The van der Waals surface area contributed by atoms with Gasteiger partial charge in [0.15, 0.2) is 0 Å². The summed E-state index contributed by atoms with van der Waals surface area (Å²) in [5.41, 5.74) is 1.67. The zero-order chi connectivity index (χ0) is 16.1. The lowest BCUT2D eigenvalue weighted by Crippen LogP contribution is -2.35. The second-order valence-electron chi connectivity index (χ2n) is 5.84. The van der Waals surface area contributed by atoms with Crippen LogP contribution in [0.5, 0.6) is 0 Å². The summed E-state index contributed by atoms with van der Waals surface area (Å²) in [6.45, 7) is 6.36. The lowest BCUT2D eigenvalue weighted by atomic mass is 10.1. The van der Waals surface area contributed by atoms with E-state index in [-0.39, 0.29) is 24.3 Å². The quantitative estimate of drug-likeness (QED) is 0.798. The maximum absolute atomic E-state index is 12.9. The van der Waals surface area contributed by atoms with Crippen molar-refractivity contribution < 1.29 is 13.2 Å². The zero-order valence-electron chi connectivity index (χ0n) is 12.9. The lowest BCUT2D eigenvalue weighted by Gasteiger charge is -2.23. The van der Waals surface area contributed by atoms with Crippen molar-refractivity contribution in [2.75, 3.05) is 18.5 Å². The monoisotopic (exact) mass is 336 g/mol. The number of benzene rings is 1. The van der Waals surface area contributed by atoms with Crippen molar-refractivity contribution in [2.45, 2.75) is 44.6 Å². The van der Waals surface area contributed by atoms with Crippen molar-refractivity contribution in [3.05, 3.63) is 30.3 Å². The molecule has 1 fully saturated rings. The fourth-order valence-electron chi connectivity index (χ4n) is 3.31. The van der Waals surface area contributed by atoms with E-state index in [4.69, 9.17) is 0 Å². The molecule has 126 valence electrons. The van der Waals surface area contributed by atoms with E-state index in [0.717, 1.165) is 19.3 Å². The number of hydrogen-bond donors (Lipinski definition) is 0. The Bertz CT molecular complexity index is 755. The van der Waals surface area contributed by atoms with E-state index in [0.29, 0.717) is 23.4 Å². The van der Waals surface area contributed by atoms with Crippen LogP contribution in [0.2, 0.25) is 0 Å². The maximum Gasteiger partial charge on any atom is 0.258 e. The highest BCUT2D eigenvalue weighted by atomic mass is 32.2. The summed E-state index contributed by atoms with van der Waals surface area (Å²) < 4.78 is 27.3. The molecule has 1 aromatic rings. The molecule has 0 radical (unpaired) electrons. The Labute approximate surface area is 138 Å². The number of anilines is 1. The van der Waals surface area contributed by atoms with Gasteiger partial charge in [-0.2, -0.15) is 4.31 Å². The number of fused-ring (bicyclic) bond motifs is 1. The molecule has 0 saturated carbocycles. The first-order valence-corrected chi connectivity index (χ1v) is 8.95. The Hall–Kier alpha value is -1.66. The van der Waals surface area contributed by atoms with Crippen LogP contribution in [0.25, 0.3) is 5.57 Å². The van der Waals surface area contributed by atoms with Gasteiger partial charge in [0.05, 0.1) is 10.6 Å². The van der Waals surface area contributed by atoms with Crippen LogP contribution < -0.4 is 4.90 Å². The molecule has 1 atom stereocenters. The first-order chi connectivity index (χ1) is 10.4. The minimum Gasteiger partial charge on any atom is -0.311 e. The molecule has 6 heteroatoms. The molecule has 2 heterocycles. The number of hydrogen-bond acceptors (Lipinski definition) is 3. The van der Waals surface area contributed by atoms with Crippen LogP contribution in [0, 0.1) is 0 Å². The van der Waals surface area contributed by atoms with E-state index in [1.807, 2.05) is 6.92 Å². The van der Waals surface area contributed by atoms with Crippen LogP contribution in [0.3, 0.4) is 0 Å². The van der Waals surface area contributed by atoms with Crippen LogP contribution in [-0.2, 0) is 14.8 Å². The summed E-state index contributed by atoms with van der Waals surface area (Å²) in [5, 5.41) is 0. The Morgan fingerprint density at radius 2 is 2.04 bits per heavy atom. The third kappa shape index (κ3) is 2.60. The predicted molar refractivity (Wildman–Crippen MR) is 92.8 cm³/mol. The van der Waals surface area contributed by atoms with Crippen LogP contribution in [0.15, 0.2) is 29.7 Å². The SMILES string of the molecule is C.C=C1C(=O)N(C)c2ccc(S(=O)(=O)N3CCC[C@H]3CC)cc21. The standard InChI is InChI=1S/C16H20N2O3S.CH4/c1-4-12-6-5-9-18(12)22(20,21)13-7-8-15-14(10-13)11(2)16(19)17(15)3;/h7-8,10,12H,2,4-6,9H2,1,3H3;1H4/t12-;/m1./s1. The highest BCUT2D eigenvalue weighted by Gasteiger charge is 2.36. The summed E-state index contributed by atoms with van der Waals surface area (Å²) in [7, 11) is -1.85. The van der Waals surface area contributed by atoms with Crippen molar-refractivity contribution in [3.8, 4) is 0 Å². The summed E-state index contributed by atoms with van der Waals surface area (Å²) in [5.74, 6) is -0.183. The highest BCUT2D eigenvalue weighted by Crippen LogP contribution is 2.37. The van der Waals surface area contributed by atoms with Crippen molar-refractivity contribution in [1.82, 2.24) is 4.31 Å². The summed E-state index contributed by atoms with van der Waals surface area (Å²) in [4.78, 5) is 13.7. The Morgan fingerprint density at radius 3 is 2.70 bits per heavy atom. The topological polar surface area (TPSA) is 57.7 Å². The molecule has 23 heavy (non-hydrogen) atoms. The summed E-state index contributed by atoms with van der Waals surface area (Å²) in [6.07, 6.45) is 2.63. The highest BCUT2D eigenvalue weighted by molar-refractivity contribution is 7.89. The van der Waals surface area contributed by atoms with Crippen molar-refractivity contribution >= 4 is 27.2 Å². The van der Waals surface area contributed by atoms with Crippen molar-refractivity contribution in [3.63, 3.8) is 0 Å². The Kier molecular flexibility index (Phi) is 4.69. The van der Waals surface area contributed by atoms with E-state index in [1.54, 1.807) is 29.6 Å². The lowest BCUT2D eigenvalue weighted by molar-refractivity contribution is -0.112. The van der Waals surface area contributed by atoms with Crippen LogP contribution in [0.4, 0.5) is 5.69 Å². The molecule has 0 aromatic heterocycles. The average Bonchev–Trinajstić information content (AvgIpc) is 3.08. The molecular weight excluding hydrogens is 312 g/mol. The van der Waals surface area contributed by atoms with Gasteiger partial charge in [0, 0.05) is 30.8 Å². The van der Waals surface area contributed by atoms with Gasteiger partial charge in [-0.25, -0.2) is 8.42 Å². The third-order valence-electron chi connectivity index (χ3n) is 4.62. The van der Waals surface area contributed by atoms with E-state index < -0.39 is 10.0 Å². The van der Waals surface area contributed by atoms with Gasteiger partial charge in [0.25, 0.3) is 5.91 Å². The minimum absolute atomic E-state index is 0. The normalized spacial score (nSPS) is 21.5. The van der Waals surface area contributed by atoms with Gasteiger partial charge >= 0.3 is 0 Å². The molecule has 1 saturated heterocycles. The Balaban J connectivity index is 0.00000192. The number of carbonyl (C=O) groups excluding carboxylic acids is 1. The largest absolute Gasteiger partial charge is 0.311 e.